The van der Waals surface area contributed by atoms with E-state index in [-0.39, 0.29) is 31.0 Å². The van der Waals surface area contributed by atoms with Gasteiger partial charge in [-0.25, -0.2) is 4.57 Å². The number of allylic oxidation sites excluding steroid dienone is 7. The highest BCUT2D eigenvalue weighted by Crippen LogP contribution is 2.43. The van der Waals surface area contributed by atoms with E-state index in [1.165, 1.54) is 19.3 Å². The molecule has 0 spiro atoms. The lowest BCUT2D eigenvalue weighted by molar-refractivity contribution is -0.161. The first kappa shape index (κ1) is 53.5. The van der Waals surface area contributed by atoms with Crippen molar-refractivity contribution in [1.29, 1.82) is 0 Å². The van der Waals surface area contributed by atoms with Crippen molar-refractivity contribution < 1.29 is 62.8 Å². The number of phosphoric acid groups is 1. The van der Waals surface area contributed by atoms with E-state index in [2.05, 4.69) is 54.8 Å². The zero-order chi connectivity index (χ0) is 42.9. The molecule has 0 heterocycles. The molecule has 1 saturated carbocycles. The van der Waals surface area contributed by atoms with Gasteiger partial charge in [-0.1, -0.05) is 114 Å². The van der Waals surface area contributed by atoms with Gasteiger partial charge >= 0.3 is 19.8 Å². The summed E-state index contributed by atoms with van der Waals surface area (Å²) in [5.74, 6) is -1.76. The second kappa shape index (κ2) is 34.3. The Morgan fingerprint density at radius 1 is 0.776 bits per heavy atom. The van der Waals surface area contributed by atoms with Crippen LogP contribution in [0.1, 0.15) is 149 Å². The SMILES string of the molecule is CCCCC/C=C\C/C=C\C/C=C\CCCCC(=O)O[C@H](COC(=O)CCCCCC[C@H]1[C@@H](O)CC(=O)[C@@H]1/C=C/[C@@H](O)CCCCC)COP(=O)(O)OC[C@@H](O)CO. The molecule has 1 aliphatic rings. The van der Waals surface area contributed by atoms with Gasteiger partial charge in [0, 0.05) is 25.2 Å². The van der Waals surface area contributed by atoms with E-state index >= 15 is 0 Å². The monoisotopic (exact) mass is 842 g/mol. The highest BCUT2D eigenvalue weighted by atomic mass is 31.2. The van der Waals surface area contributed by atoms with Gasteiger partial charge in [0.25, 0.3) is 0 Å². The molecule has 0 aromatic rings. The lowest BCUT2D eigenvalue weighted by Gasteiger charge is -2.20. The van der Waals surface area contributed by atoms with Crippen molar-refractivity contribution in [2.75, 3.05) is 26.4 Å². The van der Waals surface area contributed by atoms with Crippen LogP contribution in [0.15, 0.2) is 48.6 Å². The minimum absolute atomic E-state index is 0.0135. The number of ketones is 1. The number of hydrogen-bond acceptors (Lipinski definition) is 12. The smallest absolute Gasteiger partial charge is 0.462 e. The van der Waals surface area contributed by atoms with E-state index in [4.69, 9.17) is 19.1 Å². The maximum absolute atomic E-state index is 12.6. The molecule has 14 heteroatoms. The van der Waals surface area contributed by atoms with Crippen molar-refractivity contribution in [3.8, 4) is 0 Å². The molecule has 13 nitrogen and oxygen atoms in total. The predicted molar refractivity (Wildman–Crippen MR) is 225 cm³/mol. The van der Waals surface area contributed by atoms with Crippen LogP contribution in [0, 0.1) is 11.8 Å². The molecule has 334 valence electrons. The molecular formula is C44H75O13P. The normalized spacial score (nSPS) is 20.1. The summed E-state index contributed by atoms with van der Waals surface area (Å²) in [6, 6.07) is 0. The first-order valence-corrected chi connectivity index (χ1v) is 23.2. The Bertz CT molecular complexity index is 1270. The van der Waals surface area contributed by atoms with Gasteiger partial charge in [0.2, 0.25) is 0 Å². The maximum Gasteiger partial charge on any atom is 0.472 e. The standard InChI is InChI=1S/C44H75O13P/c1-3-5-7-8-9-10-11-12-13-14-15-16-17-18-24-28-44(51)57-38(35-56-58(52,53)55-33-37(47)32-45)34-54-43(50)27-23-20-19-22-26-39-40(42(49)31-41(39)48)30-29-36(46)25-21-6-4-2/h9-10,12-13,15-16,29-30,36-41,45-48H,3-8,11,14,17-28,31-35H2,1-2H3,(H,52,53)/b10-9-,13-12-,16-15-,30-29+/t36-,37-,38+,39+,40+,41-/m0/s1. The molecule has 0 aromatic heterocycles. The second-order valence-corrected chi connectivity index (χ2v) is 16.6. The van der Waals surface area contributed by atoms with Crippen LogP contribution in [-0.2, 0) is 37.5 Å². The number of Topliss-reactive ketones (excluding diaryl/α,β-unsaturated/α-hetero) is 1. The summed E-state index contributed by atoms with van der Waals surface area (Å²) in [6.07, 6.45) is 28.4. The predicted octanol–water partition coefficient (Wildman–Crippen LogP) is 7.92. The average molecular weight is 843 g/mol. The Labute approximate surface area is 347 Å². The van der Waals surface area contributed by atoms with E-state index in [1.807, 2.05) is 0 Å². The summed E-state index contributed by atoms with van der Waals surface area (Å²) in [4.78, 5) is 47.7. The third-order valence-corrected chi connectivity index (χ3v) is 10.8. The van der Waals surface area contributed by atoms with Crippen LogP contribution in [0.2, 0.25) is 0 Å². The molecule has 0 saturated heterocycles. The van der Waals surface area contributed by atoms with Crippen LogP contribution < -0.4 is 0 Å². The Kier molecular flexibility index (Phi) is 31.6. The fourth-order valence-corrected chi connectivity index (χ4v) is 7.22. The molecule has 0 radical (unpaired) electrons. The Morgan fingerprint density at radius 3 is 2.03 bits per heavy atom. The van der Waals surface area contributed by atoms with Crippen LogP contribution in [0.4, 0.5) is 0 Å². The Morgan fingerprint density at radius 2 is 1.36 bits per heavy atom. The Balaban J connectivity index is 2.48. The number of phosphoric ester groups is 1. The third kappa shape index (κ3) is 28.1. The number of esters is 2. The van der Waals surface area contributed by atoms with E-state index in [0.717, 1.165) is 64.2 Å². The van der Waals surface area contributed by atoms with Gasteiger partial charge in [-0.2, -0.15) is 0 Å². The first-order valence-electron chi connectivity index (χ1n) is 21.7. The zero-order valence-electron chi connectivity index (χ0n) is 35.2. The lowest BCUT2D eigenvalue weighted by Crippen LogP contribution is -2.29. The summed E-state index contributed by atoms with van der Waals surface area (Å²) in [7, 11) is -4.69. The number of hydrogen-bond donors (Lipinski definition) is 5. The lowest BCUT2D eigenvalue weighted by atomic mass is 9.88. The van der Waals surface area contributed by atoms with Gasteiger partial charge in [-0.15, -0.1) is 0 Å². The van der Waals surface area contributed by atoms with E-state index in [1.54, 1.807) is 12.2 Å². The van der Waals surface area contributed by atoms with Crippen LogP contribution in [0.5, 0.6) is 0 Å². The van der Waals surface area contributed by atoms with Crippen LogP contribution in [0.3, 0.4) is 0 Å². The van der Waals surface area contributed by atoms with Crippen molar-refractivity contribution in [3.63, 3.8) is 0 Å². The number of ether oxygens (including phenoxy) is 2. The molecule has 0 amide bonds. The summed E-state index contributed by atoms with van der Waals surface area (Å²) in [5.41, 5.74) is 0. The third-order valence-electron chi connectivity index (χ3n) is 9.86. The summed E-state index contributed by atoms with van der Waals surface area (Å²) in [6.45, 7) is 1.92. The van der Waals surface area contributed by atoms with Crippen molar-refractivity contribution in [1.82, 2.24) is 0 Å². The largest absolute Gasteiger partial charge is 0.472 e. The summed E-state index contributed by atoms with van der Waals surface area (Å²) < 4.78 is 32.6. The number of aliphatic hydroxyl groups excluding tert-OH is 4. The van der Waals surface area contributed by atoms with Crippen molar-refractivity contribution in [2.45, 2.75) is 173 Å². The molecular weight excluding hydrogens is 767 g/mol. The molecule has 0 aromatic carbocycles. The molecule has 1 fully saturated rings. The molecule has 5 N–H and O–H groups in total. The van der Waals surface area contributed by atoms with Crippen molar-refractivity contribution >= 4 is 25.5 Å². The number of aliphatic hydroxyl groups is 4. The van der Waals surface area contributed by atoms with E-state index in [0.29, 0.717) is 32.1 Å². The van der Waals surface area contributed by atoms with Crippen LogP contribution >= 0.6 is 7.82 Å². The summed E-state index contributed by atoms with van der Waals surface area (Å²) in [5, 5.41) is 39.1. The van der Waals surface area contributed by atoms with Crippen LogP contribution in [0.25, 0.3) is 0 Å². The minimum Gasteiger partial charge on any atom is -0.462 e. The highest BCUT2D eigenvalue weighted by Gasteiger charge is 2.39. The molecule has 1 rings (SSSR count). The van der Waals surface area contributed by atoms with E-state index < -0.39 is 76.5 Å². The van der Waals surface area contributed by atoms with E-state index in [9.17, 15) is 39.2 Å². The highest BCUT2D eigenvalue weighted by molar-refractivity contribution is 7.47. The molecule has 0 aliphatic heterocycles. The van der Waals surface area contributed by atoms with Crippen LogP contribution in [-0.4, -0.2) is 93.9 Å². The number of rotatable bonds is 36. The number of carbonyl (C=O) groups is 3. The van der Waals surface area contributed by atoms with Gasteiger partial charge < -0.3 is 34.8 Å². The number of unbranched alkanes of at least 4 members (excludes halogenated alkanes) is 10. The first-order chi connectivity index (χ1) is 27.9. The minimum atomic E-state index is -4.69. The molecule has 1 unspecified atom stereocenters. The topological polar surface area (TPSA) is 206 Å². The molecule has 0 bridgehead atoms. The fourth-order valence-electron chi connectivity index (χ4n) is 6.43. The molecule has 1 aliphatic carbocycles. The van der Waals surface area contributed by atoms with Gasteiger partial charge in [0.1, 0.15) is 18.5 Å². The maximum atomic E-state index is 12.6. The second-order valence-electron chi connectivity index (χ2n) is 15.1. The number of carbonyl (C=O) groups excluding carboxylic acids is 3. The van der Waals surface area contributed by atoms with Gasteiger partial charge in [0.15, 0.2) is 6.10 Å². The van der Waals surface area contributed by atoms with Crippen molar-refractivity contribution in [3.05, 3.63) is 48.6 Å². The Hall–Kier alpha value is -2.48. The van der Waals surface area contributed by atoms with Crippen molar-refractivity contribution in [2.24, 2.45) is 11.8 Å². The van der Waals surface area contributed by atoms with Gasteiger partial charge in [-0.05, 0) is 70.1 Å². The molecule has 7 atom stereocenters. The van der Waals surface area contributed by atoms with Gasteiger partial charge in [0.05, 0.1) is 32.0 Å². The molecule has 58 heavy (non-hydrogen) atoms. The van der Waals surface area contributed by atoms with Gasteiger partial charge in [-0.3, -0.25) is 23.4 Å². The zero-order valence-corrected chi connectivity index (χ0v) is 36.1. The average Bonchev–Trinajstić information content (AvgIpc) is 3.47. The quantitative estimate of drug-likeness (QED) is 0.0176. The fraction of sp³-hybridized carbons (Fsp3) is 0.750. The summed E-state index contributed by atoms with van der Waals surface area (Å²) >= 11 is 0.